The van der Waals surface area contributed by atoms with Crippen LogP contribution in [0.1, 0.15) is 30.9 Å². The lowest BCUT2D eigenvalue weighted by Crippen LogP contribution is -2.35. The molecule has 27 heavy (non-hydrogen) atoms. The summed E-state index contributed by atoms with van der Waals surface area (Å²) in [4.78, 5) is 13.1. The Bertz CT molecular complexity index is 805. The Morgan fingerprint density at radius 1 is 1.04 bits per heavy atom. The largest absolute Gasteiger partial charge is 0.379 e. The third kappa shape index (κ3) is 4.74. The van der Waals surface area contributed by atoms with Crippen molar-refractivity contribution in [2.75, 3.05) is 13.2 Å². The zero-order valence-electron chi connectivity index (χ0n) is 15.6. The molecule has 2 atom stereocenters. The normalized spacial score (nSPS) is 20.6. The van der Waals surface area contributed by atoms with Crippen LogP contribution in [-0.2, 0) is 24.8 Å². The lowest BCUT2D eigenvalue weighted by molar-refractivity contribution is -0.121. The summed E-state index contributed by atoms with van der Waals surface area (Å²) in [6, 6.07) is 18.2. The van der Waals surface area contributed by atoms with Crippen molar-refractivity contribution in [3.05, 3.63) is 71.8 Å². The van der Waals surface area contributed by atoms with Crippen molar-refractivity contribution in [2.24, 2.45) is 5.41 Å². The Kier molecular flexibility index (Phi) is 5.97. The van der Waals surface area contributed by atoms with Gasteiger partial charge in [-0.25, -0.2) is 0 Å². The van der Waals surface area contributed by atoms with Crippen LogP contribution < -0.4 is 0 Å². The summed E-state index contributed by atoms with van der Waals surface area (Å²) < 4.78 is 24.1. The van der Waals surface area contributed by atoms with E-state index in [1.54, 1.807) is 24.3 Å². The Morgan fingerprint density at radius 3 is 2.11 bits per heavy atom. The van der Waals surface area contributed by atoms with Crippen molar-refractivity contribution < 1.29 is 23.5 Å². The van der Waals surface area contributed by atoms with Crippen LogP contribution in [0, 0.1) is 5.41 Å². The maximum atomic E-state index is 13.1. The van der Waals surface area contributed by atoms with E-state index in [1.807, 2.05) is 50.2 Å². The molecule has 1 aliphatic heterocycles. The Hall–Kier alpha value is -1.78. The second-order valence-electron chi connectivity index (χ2n) is 7.68. The quantitative estimate of drug-likeness (QED) is 0.752. The summed E-state index contributed by atoms with van der Waals surface area (Å²) in [5.74, 6) is -2.77. The minimum Gasteiger partial charge on any atom is -0.379 e. The van der Waals surface area contributed by atoms with Crippen LogP contribution in [0.15, 0.2) is 60.7 Å². The molecule has 0 bridgehead atoms. The molecule has 0 aromatic heterocycles. The Balaban J connectivity index is 1.88. The number of carbonyl (C=O) groups excluding carboxylic acids is 1. The van der Waals surface area contributed by atoms with Gasteiger partial charge in [-0.05, 0) is 11.1 Å². The highest BCUT2D eigenvalue weighted by Gasteiger charge is 2.47. The summed E-state index contributed by atoms with van der Waals surface area (Å²) in [6.07, 6.45) is 0.128. The predicted molar refractivity (Wildman–Crippen MR) is 104 cm³/mol. The van der Waals surface area contributed by atoms with Gasteiger partial charge in [-0.15, -0.1) is 0 Å². The molecule has 2 aromatic rings. The maximum absolute atomic E-state index is 13.1. The van der Waals surface area contributed by atoms with Gasteiger partial charge in [-0.3, -0.25) is 9.36 Å². The van der Waals surface area contributed by atoms with Crippen molar-refractivity contribution in [3.8, 4) is 0 Å². The number of aliphatic hydroxyl groups excluding tert-OH is 1. The van der Waals surface area contributed by atoms with E-state index in [9.17, 15) is 14.5 Å². The van der Waals surface area contributed by atoms with Crippen molar-refractivity contribution in [3.63, 3.8) is 0 Å². The van der Waals surface area contributed by atoms with Gasteiger partial charge < -0.3 is 14.2 Å². The molecule has 1 aliphatic rings. The van der Waals surface area contributed by atoms with E-state index in [1.165, 1.54) is 0 Å². The molecule has 1 fully saturated rings. The first-order chi connectivity index (χ1) is 12.8. The number of Topliss-reactive ketones (excluding diaryl/α,β-unsaturated/α-hetero) is 1. The number of hydrogen-bond donors (Lipinski definition) is 1. The highest BCUT2D eigenvalue weighted by atomic mass is 31.2. The molecule has 0 saturated carbocycles. The van der Waals surface area contributed by atoms with Crippen molar-refractivity contribution in [1.29, 1.82) is 0 Å². The number of rotatable bonds is 6. The Labute approximate surface area is 159 Å². The van der Waals surface area contributed by atoms with Gasteiger partial charge in [0, 0.05) is 11.8 Å². The fourth-order valence-electron chi connectivity index (χ4n) is 3.04. The average molecular weight is 388 g/mol. The predicted octanol–water partition coefficient (Wildman–Crippen LogP) is 4.17. The summed E-state index contributed by atoms with van der Waals surface area (Å²) in [5.41, 5.74) is 1.14. The van der Waals surface area contributed by atoms with Crippen LogP contribution in [0.25, 0.3) is 0 Å². The van der Waals surface area contributed by atoms with Gasteiger partial charge in [0.15, 0.2) is 5.85 Å². The van der Waals surface area contributed by atoms with E-state index in [4.69, 9.17) is 9.05 Å². The summed E-state index contributed by atoms with van der Waals surface area (Å²) >= 11 is 0. The summed E-state index contributed by atoms with van der Waals surface area (Å²) in [6.45, 7) is 4.27. The molecule has 0 spiro atoms. The highest BCUT2D eigenvalue weighted by molar-refractivity contribution is 7.54. The monoisotopic (exact) mass is 388 g/mol. The van der Waals surface area contributed by atoms with Gasteiger partial charge in [0.1, 0.15) is 5.78 Å². The number of hydrogen-bond acceptors (Lipinski definition) is 5. The highest BCUT2D eigenvalue weighted by Crippen LogP contribution is 2.60. The lowest BCUT2D eigenvalue weighted by atomic mass is 9.91. The first-order valence-corrected chi connectivity index (χ1v) is 10.6. The van der Waals surface area contributed by atoms with E-state index in [0.29, 0.717) is 5.56 Å². The molecule has 3 rings (SSSR count). The SMILES string of the molecule is CC1(C)COP(=O)(C(O)C(C(=O)Cc2ccccc2)c2ccccc2)OC1. The molecule has 0 aliphatic carbocycles. The van der Waals surface area contributed by atoms with Crippen LogP contribution in [0.5, 0.6) is 0 Å². The molecule has 0 radical (unpaired) electrons. The van der Waals surface area contributed by atoms with E-state index in [0.717, 1.165) is 5.56 Å². The lowest BCUT2D eigenvalue weighted by Gasteiger charge is -2.37. The second-order valence-corrected chi connectivity index (χ2v) is 9.81. The molecule has 5 nitrogen and oxygen atoms in total. The van der Waals surface area contributed by atoms with Gasteiger partial charge >= 0.3 is 7.60 Å². The van der Waals surface area contributed by atoms with Gasteiger partial charge in [0.25, 0.3) is 0 Å². The molecule has 1 saturated heterocycles. The zero-order chi connectivity index (χ0) is 19.5. The van der Waals surface area contributed by atoms with Gasteiger partial charge in [0.2, 0.25) is 0 Å². The molecule has 0 amide bonds. The second kappa shape index (κ2) is 8.07. The van der Waals surface area contributed by atoms with Crippen LogP contribution >= 0.6 is 7.60 Å². The van der Waals surface area contributed by atoms with Crippen LogP contribution in [0.2, 0.25) is 0 Å². The number of benzene rings is 2. The fourth-order valence-corrected chi connectivity index (χ4v) is 5.18. The standard InChI is InChI=1S/C21H25O5P/c1-21(2)14-25-27(24,26-15-21)20(23)19(17-11-7-4-8-12-17)18(22)13-16-9-5-3-6-10-16/h3-12,19-20,23H,13-15H2,1-2H3. The zero-order valence-corrected chi connectivity index (χ0v) is 16.5. The number of ketones is 1. The third-order valence-corrected chi connectivity index (χ3v) is 6.54. The van der Waals surface area contributed by atoms with Crippen molar-refractivity contribution >= 4 is 13.4 Å². The first kappa shape index (κ1) is 20.0. The summed E-state index contributed by atoms with van der Waals surface area (Å²) in [5, 5.41) is 10.9. The molecule has 2 aromatic carbocycles. The molecule has 2 unspecified atom stereocenters. The van der Waals surface area contributed by atoms with Crippen LogP contribution in [0.3, 0.4) is 0 Å². The molecule has 1 N–H and O–H groups in total. The van der Waals surface area contributed by atoms with Crippen LogP contribution in [-0.4, -0.2) is 29.9 Å². The maximum Gasteiger partial charge on any atom is 0.360 e. The molecule has 144 valence electrons. The minimum atomic E-state index is -3.83. The van der Waals surface area contributed by atoms with Gasteiger partial charge in [0.05, 0.1) is 19.1 Å². The van der Waals surface area contributed by atoms with Gasteiger partial charge in [-0.1, -0.05) is 74.5 Å². The smallest absolute Gasteiger partial charge is 0.360 e. The molecular formula is C21H25O5P. The molecule has 1 heterocycles. The first-order valence-electron chi connectivity index (χ1n) is 8.99. The van der Waals surface area contributed by atoms with E-state index in [2.05, 4.69) is 0 Å². The van der Waals surface area contributed by atoms with E-state index >= 15 is 0 Å². The molecule has 6 heteroatoms. The number of aliphatic hydroxyl groups is 1. The van der Waals surface area contributed by atoms with E-state index < -0.39 is 19.4 Å². The Morgan fingerprint density at radius 2 is 1.56 bits per heavy atom. The minimum absolute atomic E-state index is 0.128. The third-order valence-electron chi connectivity index (χ3n) is 4.62. The summed E-state index contributed by atoms with van der Waals surface area (Å²) in [7, 11) is -3.83. The van der Waals surface area contributed by atoms with E-state index in [-0.39, 0.29) is 30.8 Å². The topological polar surface area (TPSA) is 72.8 Å². The van der Waals surface area contributed by atoms with Gasteiger partial charge in [-0.2, -0.15) is 0 Å². The van der Waals surface area contributed by atoms with Crippen LogP contribution in [0.4, 0.5) is 0 Å². The van der Waals surface area contributed by atoms with Crippen molar-refractivity contribution in [2.45, 2.75) is 32.0 Å². The fraction of sp³-hybridized carbons (Fsp3) is 0.381. The van der Waals surface area contributed by atoms with Crippen molar-refractivity contribution in [1.82, 2.24) is 0 Å². The average Bonchev–Trinajstić information content (AvgIpc) is 2.66. The number of carbonyl (C=O) groups is 1. The molecular weight excluding hydrogens is 363 g/mol.